The summed E-state index contributed by atoms with van der Waals surface area (Å²) in [4.78, 5) is 19.6. The number of hydrogen-bond acceptors (Lipinski definition) is 4. The average Bonchev–Trinajstić information content (AvgIpc) is 3.09. The summed E-state index contributed by atoms with van der Waals surface area (Å²) in [6.07, 6.45) is 0.957. The molecule has 1 fully saturated rings. The lowest BCUT2D eigenvalue weighted by atomic mass is 9.99. The highest BCUT2D eigenvalue weighted by Gasteiger charge is 2.36. The van der Waals surface area contributed by atoms with Crippen LogP contribution in [-0.2, 0) is 16.0 Å². The number of thiophene rings is 1. The van der Waals surface area contributed by atoms with E-state index in [1.807, 2.05) is 0 Å². The maximum absolute atomic E-state index is 11.8. The molecular weight excluding hydrogens is 493 g/mol. The van der Waals surface area contributed by atoms with Gasteiger partial charge in [-0.05, 0) is 40.4 Å². The first kappa shape index (κ1) is 20.7. The van der Waals surface area contributed by atoms with E-state index in [1.54, 1.807) is 18.4 Å². The van der Waals surface area contributed by atoms with Gasteiger partial charge in [-0.25, -0.2) is 0 Å². The smallest absolute Gasteiger partial charge is 0.310 e. The van der Waals surface area contributed by atoms with Gasteiger partial charge in [-0.2, -0.15) is 0 Å². The second kappa shape index (κ2) is 9.83. The highest BCUT2D eigenvalue weighted by atomic mass is 127. The maximum Gasteiger partial charge on any atom is 0.310 e. The van der Waals surface area contributed by atoms with Crippen molar-refractivity contribution in [3.05, 3.63) is 20.8 Å². The Kier molecular flexibility index (Phi) is 8.84. The Morgan fingerprint density at radius 1 is 1.52 bits per heavy atom. The highest BCUT2D eigenvalue weighted by molar-refractivity contribution is 14.0. The lowest BCUT2D eigenvalue weighted by Crippen LogP contribution is -2.41. The number of esters is 1. The molecular formula is C15H23BrIN3O2S. The number of rotatable bonds is 4. The summed E-state index contributed by atoms with van der Waals surface area (Å²) in [7, 11) is 3.23. The van der Waals surface area contributed by atoms with E-state index in [0.29, 0.717) is 6.54 Å². The number of ether oxygens (including phenoxy) is 1. The molecule has 0 spiro atoms. The van der Waals surface area contributed by atoms with Gasteiger partial charge in [-0.15, -0.1) is 35.3 Å². The molecule has 1 aliphatic heterocycles. The minimum Gasteiger partial charge on any atom is -0.469 e. The van der Waals surface area contributed by atoms with Gasteiger partial charge < -0.3 is 15.0 Å². The summed E-state index contributed by atoms with van der Waals surface area (Å²) >= 11 is 5.23. The van der Waals surface area contributed by atoms with Crippen molar-refractivity contribution in [3.8, 4) is 0 Å². The molecule has 0 aromatic carbocycles. The van der Waals surface area contributed by atoms with E-state index in [-0.39, 0.29) is 41.8 Å². The van der Waals surface area contributed by atoms with Gasteiger partial charge in [0.25, 0.3) is 0 Å². The fourth-order valence-electron chi connectivity index (χ4n) is 2.71. The average molecular weight is 516 g/mol. The van der Waals surface area contributed by atoms with Gasteiger partial charge in [0.2, 0.25) is 0 Å². The summed E-state index contributed by atoms with van der Waals surface area (Å²) in [5.74, 6) is 0.929. The van der Waals surface area contributed by atoms with Gasteiger partial charge in [0, 0.05) is 31.6 Å². The molecule has 5 nitrogen and oxygen atoms in total. The van der Waals surface area contributed by atoms with Crippen molar-refractivity contribution >= 4 is 63.2 Å². The maximum atomic E-state index is 11.8. The molecule has 8 heteroatoms. The van der Waals surface area contributed by atoms with Gasteiger partial charge in [0.05, 0.1) is 16.8 Å². The van der Waals surface area contributed by atoms with E-state index < -0.39 is 0 Å². The molecule has 130 valence electrons. The second-order valence-corrected chi connectivity index (χ2v) is 7.99. The molecule has 2 unspecified atom stereocenters. The van der Waals surface area contributed by atoms with E-state index in [0.717, 1.165) is 29.3 Å². The van der Waals surface area contributed by atoms with Crippen LogP contribution in [0, 0.1) is 11.8 Å². The Morgan fingerprint density at radius 2 is 2.26 bits per heavy atom. The molecule has 2 atom stereocenters. The van der Waals surface area contributed by atoms with Crippen LogP contribution in [0.1, 0.15) is 11.8 Å². The Hall–Kier alpha value is -0.350. The van der Waals surface area contributed by atoms with Crippen LogP contribution in [0.3, 0.4) is 0 Å². The van der Waals surface area contributed by atoms with E-state index >= 15 is 0 Å². The molecule has 1 N–H and O–H groups in total. The number of carbonyl (C=O) groups excluding carboxylic acids is 1. The van der Waals surface area contributed by atoms with Gasteiger partial charge in [-0.3, -0.25) is 9.79 Å². The van der Waals surface area contributed by atoms with Crippen LogP contribution in [0.5, 0.6) is 0 Å². The third-order valence-electron chi connectivity index (χ3n) is 3.91. The van der Waals surface area contributed by atoms with Gasteiger partial charge >= 0.3 is 5.97 Å². The SMILES string of the molecule is CN=C(NCCc1ccc(Br)s1)N1CC(C)C(C(=O)OC)C1.I. The minimum absolute atomic E-state index is 0. The molecule has 1 saturated heterocycles. The van der Waals surface area contributed by atoms with Crippen molar-refractivity contribution in [2.24, 2.45) is 16.8 Å². The van der Waals surface area contributed by atoms with Gasteiger partial charge in [-0.1, -0.05) is 6.92 Å². The van der Waals surface area contributed by atoms with Crippen LogP contribution >= 0.6 is 51.2 Å². The zero-order valence-electron chi connectivity index (χ0n) is 13.5. The molecule has 2 rings (SSSR count). The zero-order valence-corrected chi connectivity index (χ0v) is 18.3. The first-order valence-electron chi connectivity index (χ1n) is 7.32. The third kappa shape index (κ3) is 5.60. The summed E-state index contributed by atoms with van der Waals surface area (Å²) < 4.78 is 6.03. The van der Waals surface area contributed by atoms with Crippen molar-refractivity contribution in [3.63, 3.8) is 0 Å². The third-order valence-corrected chi connectivity index (χ3v) is 5.59. The monoisotopic (exact) mass is 515 g/mol. The second-order valence-electron chi connectivity index (χ2n) is 5.44. The summed E-state index contributed by atoms with van der Waals surface area (Å²) in [5.41, 5.74) is 0. The molecule has 0 bridgehead atoms. The van der Waals surface area contributed by atoms with E-state index in [9.17, 15) is 4.79 Å². The zero-order chi connectivity index (χ0) is 16.1. The Balaban J connectivity index is 0.00000264. The lowest BCUT2D eigenvalue weighted by molar-refractivity contribution is -0.145. The largest absolute Gasteiger partial charge is 0.469 e. The molecule has 1 aromatic heterocycles. The van der Waals surface area contributed by atoms with E-state index in [4.69, 9.17) is 4.74 Å². The number of hydrogen-bond donors (Lipinski definition) is 1. The number of likely N-dealkylation sites (tertiary alicyclic amines) is 1. The number of halogens is 2. The first-order chi connectivity index (χ1) is 10.5. The molecule has 1 aromatic rings. The topological polar surface area (TPSA) is 53.9 Å². The molecule has 1 aliphatic rings. The fraction of sp³-hybridized carbons (Fsp3) is 0.600. The number of carbonyl (C=O) groups is 1. The van der Waals surface area contributed by atoms with E-state index in [1.165, 1.54) is 12.0 Å². The van der Waals surface area contributed by atoms with Crippen LogP contribution in [0.4, 0.5) is 0 Å². The highest BCUT2D eigenvalue weighted by Crippen LogP contribution is 2.24. The first-order valence-corrected chi connectivity index (χ1v) is 8.93. The Labute approximate surface area is 167 Å². The molecule has 0 amide bonds. The number of guanidine groups is 1. The summed E-state index contributed by atoms with van der Waals surface area (Å²) in [5, 5.41) is 3.38. The van der Waals surface area contributed by atoms with Crippen LogP contribution < -0.4 is 5.32 Å². The number of methoxy groups -OCH3 is 1. The van der Waals surface area contributed by atoms with E-state index in [2.05, 4.69) is 50.2 Å². The molecule has 23 heavy (non-hydrogen) atoms. The predicted molar refractivity (Wildman–Crippen MR) is 109 cm³/mol. The number of nitrogens with zero attached hydrogens (tertiary/aromatic N) is 2. The van der Waals surface area contributed by atoms with Gasteiger partial charge in [0.15, 0.2) is 5.96 Å². The predicted octanol–water partition coefficient (Wildman–Crippen LogP) is 2.99. The van der Waals surface area contributed by atoms with Crippen molar-refractivity contribution in [2.45, 2.75) is 13.3 Å². The van der Waals surface area contributed by atoms with Crippen LogP contribution in [0.15, 0.2) is 20.9 Å². The van der Waals surface area contributed by atoms with Crippen molar-refractivity contribution in [1.29, 1.82) is 0 Å². The molecule has 0 aliphatic carbocycles. The quantitative estimate of drug-likeness (QED) is 0.290. The lowest BCUT2D eigenvalue weighted by Gasteiger charge is -2.21. The summed E-state index contributed by atoms with van der Waals surface area (Å²) in [6, 6.07) is 4.20. The standard InChI is InChI=1S/C15H22BrN3O2S.HI/c1-10-8-19(9-12(10)14(20)21-3)15(17-2)18-7-6-11-4-5-13(16)22-11;/h4-5,10,12H,6-9H2,1-3H3,(H,17,18);1H. The van der Waals surface area contributed by atoms with Crippen LogP contribution in [0.2, 0.25) is 0 Å². The van der Waals surface area contributed by atoms with Crippen LogP contribution in [-0.4, -0.2) is 50.6 Å². The van der Waals surface area contributed by atoms with Gasteiger partial charge in [0.1, 0.15) is 0 Å². The normalized spacial score (nSPS) is 21.0. The molecule has 0 saturated carbocycles. The molecule has 0 radical (unpaired) electrons. The Morgan fingerprint density at radius 3 is 2.83 bits per heavy atom. The van der Waals surface area contributed by atoms with Crippen molar-refractivity contribution in [2.75, 3.05) is 33.8 Å². The summed E-state index contributed by atoms with van der Waals surface area (Å²) in [6.45, 7) is 4.40. The number of aliphatic imine (C=N–C) groups is 1. The van der Waals surface area contributed by atoms with Crippen molar-refractivity contribution < 1.29 is 9.53 Å². The Bertz CT molecular complexity index is 553. The van der Waals surface area contributed by atoms with Crippen molar-refractivity contribution in [1.82, 2.24) is 10.2 Å². The molecule has 2 heterocycles. The van der Waals surface area contributed by atoms with Crippen LogP contribution in [0.25, 0.3) is 0 Å². The fourth-order valence-corrected chi connectivity index (χ4v) is 4.20. The minimum atomic E-state index is -0.131. The number of nitrogens with one attached hydrogen (secondary N) is 1.